The average molecular weight is 386 g/mol. The molecule has 0 unspecified atom stereocenters. The van der Waals surface area contributed by atoms with E-state index in [-0.39, 0.29) is 0 Å². The number of hydrogen-bond acceptors (Lipinski definition) is 4. The highest BCUT2D eigenvalue weighted by Gasteiger charge is 2.36. The number of rotatable bonds is 3. The van der Waals surface area contributed by atoms with Crippen molar-refractivity contribution in [3.63, 3.8) is 0 Å². The summed E-state index contributed by atoms with van der Waals surface area (Å²) in [5.74, 6) is -0.711. The normalized spacial score (nSPS) is 15.9. The molecule has 1 aliphatic rings. The van der Waals surface area contributed by atoms with Crippen LogP contribution in [-0.4, -0.2) is 41.0 Å². The second-order valence-corrected chi connectivity index (χ2v) is 7.08. The molecular formula is C21H21F3N4. The van der Waals surface area contributed by atoms with E-state index in [1.165, 1.54) is 11.1 Å². The lowest BCUT2D eigenvalue weighted by molar-refractivity contribution is -0.144. The van der Waals surface area contributed by atoms with E-state index in [9.17, 15) is 13.2 Å². The number of halogens is 3. The topological polar surface area (TPSA) is 32.3 Å². The van der Waals surface area contributed by atoms with E-state index in [1.807, 2.05) is 17.0 Å². The van der Waals surface area contributed by atoms with Gasteiger partial charge in [0, 0.05) is 38.1 Å². The lowest BCUT2D eigenvalue weighted by Gasteiger charge is -2.36. The van der Waals surface area contributed by atoms with Crippen LogP contribution >= 0.6 is 0 Å². The molecule has 0 radical (unpaired) electrons. The second kappa shape index (κ2) is 7.39. The third-order valence-electron chi connectivity index (χ3n) is 5.16. The summed E-state index contributed by atoms with van der Waals surface area (Å²) in [6, 6.07) is 15.1. The zero-order valence-electron chi connectivity index (χ0n) is 15.6. The van der Waals surface area contributed by atoms with Crippen molar-refractivity contribution in [2.75, 3.05) is 31.1 Å². The van der Waals surface area contributed by atoms with Crippen LogP contribution in [0.4, 0.5) is 19.0 Å². The van der Waals surface area contributed by atoms with Crippen molar-refractivity contribution in [3.05, 3.63) is 65.5 Å². The molecule has 1 aromatic heterocycles. The van der Waals surface area contributed by atoms with Gasteiger partial charge in [0.15, 0.2) is 0 Å². The van der Waals surface area contributed by atoms with Gasteiger partial charge < -0.3 is 4.90 Å². The molecule has 0 atom stereocenters. The lowest BCUT2D eigenvalue weighted by Crippen LogP contribution is -2.46. The minimum atomic E-state index is -4.56. The molecule has 4 rings (SSSR count). The van der Waals surface area contributed by atoms with Gasteiger partial charge in [-0.25, -0.2) is 9.97 Å². The number of nitrogens with zero attached hydrogens (tertiary/aromatic N) is 4. The molecule has 0 aliphatic carbocycles. The number of para-hydroxylation sites is 1. The lowest BCUT2D eigenvalue weighted by atomic mass is 10.1. The van der Waals surface area contributed by atoms with Gasteiger partial charge in [0.25, 0.3) is 0 Å². The van der Waals surface area contributed by atoms with Crippen LogP contribution < -0.4 is 4.90 Å². The maximum atomic E-state index is 13.3. The fourth-order valence-electron chi connectivity index (χ4n) is 3.57. The van der Waals surface area contributed by atoms with Crippen molar-refractivity contribution in [3.8, 4) is 0 Å². The predicted molar refractivity (Wildman–Crippen MR) is 103 cm³/mol. The molecule has 0 saturated carbocycles. The molecule has 3 aromatic rings. The SMILES string of the molecule is Cc1ccccc1CN1CCN(c2nc(C(F)(F)F)nc3ccccc23)CC1. The highest BCUT2D eigenvalue weighted by atomic mass is 19.4. The number of alkyl halides is 3. The number of piperazine rings is 1. The zero-order valence-corrected chi connectivity index (χ0v) is 15.6. The van der Waals surface area contributed by atoms with Crippen molar-refractivity contribution >= 4 is 16.7 Å². The van der Waals surface area contributed by atoms with Crippen LogP contribution in [-0.2, 0) is 12.7 Å². The standard InChI is InChI=1S/C21H21F3N4/c1-15-6-2-3-7-16(15)14-27-10-12-28(13-11-27)19-17-8-4-5-9-18(17)25-20(26-19)21(22,23)24/h2-9H,10-14H2,1H3. The van der Waals surface area contributed by atoms with Gasteiger partial charge in [-0.05, 0) is 30.2 Å². The molecule has 4 nitrogen and oxygen atoms in total. The highest BCUT2D eigenvalue weighted by Crippen LogP contribution is 2.32. The van der Waals surface area contributed by atoms with Gasteiger partial charge in [0.05, 0.1) is 5.52 Å². The van der Waals surface area contributed by atoms with Crippen molar-refractivity contribution in [1.29, 1.82) is 0 Å². The molecule has 0 bridgehead atoms. The summed E-state index contributed by atoms with van der Waals surface area (Å²) in [4.78, 5) is 11.9. The minimum absolute atomic E-state index is 0.321. The fraction of sp³-hybridized carbons (Fsp3) is 0.333. The molecule has 0 amide bonds. The average Bonchev–Trinajstić information content (AvgIpc) is 2.69. The van der Waals surface area contributed by atoms with Crippen molar-refractivity contribution in [1.82, 2.24) is 14.9 Å². The Labute approximate surface area is 161 Å². The van der Waals surface area contributed by atoms with E-state index in [2.05, 4.69) is 33.9 Å². The van der Waals surface area contributed by atoms with Crippen LogP contribution in [0.5, 0.6) is 0 Å². The number of anilines is 1. The van der Waals surface area contributed by atoms with Crippen LogP contribution in [0.3, 0.4) is 0 Å². The molecule has 0 spiro atoms. The molecule has 146 valence electrons. The van der Waals surface area contributed by atoms with Crippen LogP contribution in [0.1, 0.15) is 17.0 Å². The molecular weight excluding hydrogens is 365 g/mol. The second-order valence-electron chi connectivity index (χ2n) is 7.08. The molecule has 7 heteroatoms. The Balaban J connectivity index is 1.56. The van der Waals surface area contributed by atoms with Crippen LogP contribution in [0.15, 0.2) is 48.5 Å². The van der Waals surface area contributed by atoms with Gasteiger partial charge in [-0.2, -0.15) is 13.2 Å². The monoisotopic (exact) mass is 386 g/mol. The molecule has 0 N–H and O–H groups in total. The number of aryl methyl sites for hydroxylation is 1. The van der Waals surface area contributed by atoms with E-state index < -0.39 is 12.0 Å². The highest BCUT2D eigenvalue weighted by molar-refractivity contribution is 5.89. The number of benzene rings is 2. The maximum absolute atomic E-state index is 13.3. The van der Waals surface area contributed by atoms with Crippen LogP contribution in [0.25, 0.3) is 10.9 Å². The summed E-state index contributed by atoms with van der Waals surface area (Å²) in [7, 11) is 0. The van der Waals surface area contributed by atoms with Gasteiger partial charge in [-0.15, -0.1) is 0 Å². The van der Waals surface area contributed by atoms with E-state index >= 15 is 0 Å². The van der Waals surface area contributed by atoms with Gasteiger partial charge >= 0.3 is 6.18 Å². The summed E-state index contributed by atoms with van der Waals surface area (Å²) in [6.07, 6.45) is -4.56. The van der Waals surface area contributed by atoms with Crippen molar-refractivity contribution in [2.24, 2.45) is 0 Å². The van der Waals surface area contributed by atoms with Crippen LogP contribution in [0.2, 0.25) is 0 Å². The van der Waals surface area contributed by atoms with E-state index in [4.69, 9.17) is 0 Å². The molecule has 28 heavy (non-hydrogen) atoms. The summed E-state index contributed by atoms with van der Waals surface area (Å²) in [5, 5.41) is 0.655. The Morgan fingerprint density at radius 1 is 0.893 bits per heavy atom. The zero-order chi connectivity index (χ0) is 19.7. The first kappa shape index (κ1) is 18.7. The summed E-state index contributed by atoms with van der Waals surface area (Å²) < 4.78 is 39.8. The number of hydrogen-bond donors (Lipinski definition) is 0. The maximum Gasteiger partial charge on any atom is 0.451 e. The quantitative estimate of drug-likeness (QED) is 0.673. The first-order valence-electron chi connectivity index (χ1n) is 9.27. The minimum Gasteiger partial charge on any atom is -0.353 e. The Bertz CT molecular complexity index is 979. The molecule has 1 fully saturated rings. The van der Waals surface area contributed by atoms with Crippen molar-refractivity contribution in [2.45, 2.75) is 19.6 Å². The van der Waals surface area contributed by atoms with E-state index in [0.717, 1.165) is 19.6 Å². The number of fused-ring (bicyclic) bond motifs is 1. The smallest absolute Gasteiger partial charge is 0.353 e. The summed E-state index contributed by atoms with van der Waals surface area (Å²) >= 11 is 0. The van der Waals surface area contributed by atoms with E-state index in [0.29, 0.717) is 29.8 Å². The van der Waals surface area contributed by atoms with E-state index in [1.54, 1.807) is 24.3 Å². The largest absolute Gasteiger partial charge is 0.451 e. The fourth-order valence-corrected chi connectivity index (χ4v) is 3.57. The first-order valence-corrected chi connectivity index (χ1v) is 9.27. The molecule has 1 aliphatic heterocycles. The summed E-state index contributed by atoms with van der Waals surface area (Å²) in [6.45, 7) is 5.74. The van der Waals surface area contributed by atoms with Gasteiger partial charge in [-0.3, -0.25) is 4.90 Å². The Hall–Kier alpha value is -2.67. The Kier molecular flexibility index (Phi) is 4.93. The Morgan fingerprint density at radius 3 is 2.29 bits per heavy atom. The predicted octanol–water partition coefficient (Wildman–Crippen LogP) is 4.28. The molecule has 2 heterocycles. The van der Waals surface area contributed by atoms with Crippen LogP contribution in [0, 0.1) is 6.92 Å². The molecule has 1 saturated heterocycles. The first-order chi connectivity index (χ1) is 13.4. The van der Waals surface area contributed by atoms with Gasteiger partial charge in [-0.1, -0.05) is 36.4 Å². The molecule has 2 aromatic carbocycles. The third kappa shape index (κ3) is 3.80. The third-order valence-corrected chi connectivity index (χ3v) is 5.16. The van der Waals surface area contributed by atoms with Gasteiger partial charge in [0.2, 0.25) is 5.82 Å². The van der Waals surface area contributed by atoms with Crippen molar-refractivity contribution < 1.29 is 13.2 Å². The van der Waals surface area contributed by atoms with Gasteiger partial charge in [0.1, 0.15) is 5.82 Å². The number of aromatic nitrogens is 2. The Morgan fingerprint density at radius 2 is 1.57 bits per heavy atom. The summed E-state index contributed by atoms with van der Waals surface area (Å²) in [5.41, 5.74) is 2.85.